The second-order valence-electron chi connectivity index (χ2n) is 6.83. The Balaban J connectivity index is 1.61. The van der Waals surface area contributed by atoms with Crippen LogP contribution in [0.1, 0.15) is 22.3 Å². The molecule has 28 heavy (non-hydrogen) atoms. The number of aliphatic imine (C=N–C) groups is 1. The van der Waals surface area contributed by atoms with Crippen molar-refractivity contribution >= 4 is 23.5 Å². The molecule has 0 heterocycles. The van der Waals surface area contributed by atoms with E-state index >= 15 is 0 Å². The second kappa shape index (κ2) is 9.00. The van der Waals surface area contributed by atoms with Gasteiger partial charge in [-0.15, -0.1) is 0 Å². The number of hydrogen-bond donors (Lipinski definition) is 1. The van der Waals surface area contributed by atoms with Gasteiger partial charge in [0.1, 0.15) is 5.75 Å². The van der Waals surface area contributed by atoms with E-state index in [1.165, 1.54) is 5.56 Å². The second-order valence-corrected chi connectivity index (χ2v) is 6.83. The van der Waals surface area contributed by atoms with Crippen molar-refractivity contribution in [3.8, 4) is 5.75 Å². The van der Waals surface area contributed by atoms with E-state index in [1.54, 1.807) is 6.21 Å². The smallest absolute Gasteiger partial charge is 0.262 e. The van der Waals surface area contributed by atoms with E-state index in [1.807, 2.05) is 62.4 Å². The Kier molecular flexibility index (Phi) is 6.22. The van der Waals surface area contributed by atoms with Crippen LogP contribution in [0.5, 0.6) is 5.75 Å². The Morgan fingerprint density at radius 2 is 1.75 bits per heavy atom. The predicted molar refractivity (Wildman–Crippen MR) is 115 cm³/mol. The number of rotatable bonds is 6. The highest BCUT2D eigenvalue weighted by atomic mass is 16.5. The van der Waals surface area contributed by atoms with Crippen molar-refractivity contribution < 1.29 is 9.53 Å². The van der Waals surface area contributed by atoms with Gasteiger partial charge in [-0.2, -0.15) is 0 Å². The molecule has 0 aliphatic carbocycles. The molecule has 0 radical (unpaired) electrons. The van der Waals surface area contributed by atoms with Crippen LogP contribution in [-0.4, -0.2) is 18.7 Å². The molecule has 0 aromatic heterocycles. The minimum Gasteiger partial charge on any atom is -0.484 e. The SMILES string of the molecule is Cc1cccc(NC(=O)COc2cccc(C=Nc3cc(C)ccc3C)c2)c1. The maximum atomic E-state index is 12.1. The molecular formula is C24H24N2O2. The normalized spacial score (nSPS) is 10.8. The molecule has 142 valence electrons. The summed E-state index contributed by atoms with van der Waals surface area (Å²) in [6, 6.07) is 21.4. The number of benzene rings is 3. The molecule has 4 nitrogen and oxygen atoms in total. The highest BCUT2D eigenvalue weighted by molar-refractivity contribution is 5.92. The van der Waals surface area contributed by atoms with E-state index in [2.05, 4.69) is 35.4 Å². The van der Waals surface area contributed by atoms with Gasteiger partial charge in [0.25, 0.3) is 5.91 Å². The predicted octanol–water partition coefficient (Wildman–Crippen LogP) is 5.38. The minimum atomic E-state index is -0.194. The largest absolute Gasteiger partial charge is 0.484 e. The Bertz CT molecular complexity index is 1010. The number of aryl methyl sites for hydroxylation is 3. The van der Waals surface area contributed by atoms with E-state index < -0.39 is 0 Å². The van der Waals surface area contributed by atoms with Gasteiger partial charge in [0.2, 0.25) is 0 Å². The van der Waals surface area contributed by atoms with E-state index in [4.69, 9.17) is 4.74 Å². The lowest BCUT2D eigenvalue weighted by atomic mass is 10.1. The quantitative estimate of drug-likeness (QED) is 0.591. The van der Waals surface area contributed by atoms with E-state index in [0.29, 0.717) is 5.75 Å². The fourth-order valence-electron chi connectivity index (χ4n) is 2.76. The molecule has 1 amide bonds. The number of nitrogens with zero attached hydrogens (tertiary/aromatic N) is 1. The van der Waals surface area contributed by atoms with E-state index in [0.717, 1.165) is 28.1 Å². The molecule has 0 spiro atoms. The summed E-state index contributed by atoms with van der Waals surface area (Å²) >= 11 is 0. The standard InChI is InChI=1S/C24H24N2O2/c1-17-6-4-8-21(12-17)26-24(27)16-28-22-9-5-7-20(14-22)15-25-23-13-18(2)10-11-19(23)3/h4-15H,16H2,1-3H3,(H,26,27). The maximum Gasteiger partial charge on any atom is 0.262 e. The molecule has 3 aromatic carbocycles. The Morgan fingerprint density at radius 3 is 2.57 bits per heavy atom. The average Bonchev–Trinajstić information content (AvgIpc) is 2.67. The Labute approximate surface area is 165 Å². The molecule has 4 heteroatoms. The van der Waals surface area contributed by atoms with Gasteiger partial charge >= 0.3 is 0 Å². The first-order chi connectivity index (χ1) is 13.5. The molecular weight excluding hydrogens is 348 g/mol. The number of anilines is 1. The molecule has 0 aliphatic rings. The first-order valence-electron chi connectivity index (χ1n) is 9.20. The maximum absolute atomic E-state index is 12.1. The molecule has 0 unspecified atom stereocenters. The van der Waals surface area contributed by atoms with Gasteiger partial charge in [-0.3, -0.25) is 9.79 Å². The zero-order valence-electron chi connectivity index (χ0n) is 16.4. The average molecular weight is 372 g/mol. The van der Waals surface area contributed by atoms with E-state index in [9.17, 15) is 4.79 Å². The lowest BCUT2D eigenvalue weighted by Crippen LogP contribution is -2.20. The third kappa shape index (κ3) is 5.55. The molecule has 0 saturated carbocycles. The highest BCUT2D eigenvalue weighted by Gasteiger charge is 2.04. The van der Waals surface area contributed by atoms with Gasteiger partial charge in [-0.1, -0.05) is 36.4 Å². The monoisotopic (exact) mass is 372 g/mol. The molecule has 1 N–H and O–H groups in total. The van der Waals surface area contributed by atoms with Crippen LogP contribution < -0.4 is 10.1 Å². The summed E-state index contributed by atoms with van der Waals surface area (Å²) in [7, 11) is 0. The topological polar surface area (TPSA) is 50.7 Å². The highest BCUT2D eigenvalue weighted by Crippen LogP contribution is 2.20. The van der Waals surface area contributed by atoms with E-state index in [-0.39, 0.29) is 12.5 Å². The molecule has 0 atom stereocenters. The number of hydrogen-bond acceptors (Lipinski definition) is 3. The van der Waals surface area contributed by atoms with Gasteiger partial charge in [-0.05, 0) is 73.4 Å². The van der Waals surface area contributed by atoms with Crippen molar-refractivity contribution in [3.63, 3.8) is 0 Å². The van der Waals surface area contributed by atoms with Gasteiger partial charge in [0, 0.05) is 11.9 Å². The number of amides is 1. The summed E-state index contributed by atoms with van der Waals surface area (Å²) in [6.45, 7) is 6.02. The third-order valence-corrected chi connectivity index (χ3v) is 4.25. The van der Waals surface area contributed by atoms with Crippen molar-refractivity contribution in [2.24, 2.45) is 4.99 Å². The van der Waals surface area contributed by atoms with Crippen molar-refractivity contribution in [2.45, 2.75) is 20.8 Å². The van der Waals surface area contributed by atoms with Crippen LogP contribution in [-0.2, 0) is 4.79 Å². The molecule has 0 bridgehead atoms. The summed E-state index contributed by atoms with van der Waals surface area (Å²) in [5.41, 5.74) is 6.02. The number of carbonyl (C=O) groups excluding carboxylic acids is 1. The summed E-state index contributed by atoms with van der Waals surface area (Å²) < 4.78 is 5.63. The summed E-state index contributed by atoms with van der Waals surface area (Å²) in [4.78, 5) is 16.7. The Hall–Kier alpha value is -3.40. The summed E-state index contributed by atoms with van der Waals surface area (Å²) in [5.74, 6) is 0.435. The van der Waals surface area contributed by atoms with Crippen molar-refractivity contribution in [2.75, 3.05) is 11.9 Å². The third-order valence-electron chi connectivity index (χ3n) is 4.25. The summed E-state index contributed by atoms with van der Waals surface area (Å²) in [6.07, 6.45) is 1.81. The van der Waals surface area contributed by atoms with Gasteiger partial charge < -0.3 is 10.1 Å². The fourth-order valence-corrected chi connectivity index (χ4v) is 2.76. The number of nitrogens with one attached hydrogen (secondary N) is 1. The van der Waals surface area contributed by atoms with Crippen LogP contribution in [0.25, 0.3) is 0 Å². The van der Waals surface area contributed by atoms with Crippen LogP contribution in [0, 0.1) is 20.8 Å². The lowest BCUT2D eigenvalue weighted by Gasteiger charge is -2.08. The van der Waals surface area contributed by atoms with Crippen LogP contribution >= 0.6 is 0 Å². The van der Waals surface area contributed by atoms with Gasteiger partial charge in [0.05, 0.1) is 5.69 Å². The summed E-state index contributed by atoms with van der Waals surface area (Å²) in [5, 5.41) is 2.84. The Morgan fingerprint density at radius 1 is 0.964 bits per heavy atom. The zero-order valence-corrected chi connectivity index (χ0v) is 16.4. The molecule has 0 aliphatic heterocycles. The van der Waals surface area contributed by atoms with Gasteiger partial charge in [-0.25, -0.2) is 0 Å². The first-order valence-corrected chi connectivity index (χ1v) is 9.20. The molecule has 0 saturated heterocycles. The first kappa shape index (κ1) is 19.4. The van der Waals surface area contributed by atoms with Crippen molar-refractivity contribution in [1.82, 2.24) is 0 Å². The minimum absolute atomic E-state index is 0.0501. The molecule has 3 rings (SSSR count). The van der Waals surface area contributed by atoms with Crippen LogP contribution in [0.15, 0.2) is 71.7 Å². The van der Waals surface area contributed by atoms with Crippen LogP contribution in [0.4, 0.5) is 11.4 Å². The van der Waals surface area contributed by atoms with Crippen LogP contribution in [0.3, 0.4) is 0 Å². The molecule has 0 fully saturated rings. The number of ether oxygens (including phenoxy) is 1. The zero-order chi connectivity index (χ0) is 19.9. The van der Waals surface area contributed by atoms with Crippen molar-refractivity contribution in [1.29, 1.82) is 0 Å². The fraction of sp³-hybridized carbons (Fsp3) is 0.167. The van der Waals surface area contributed by atoms with Crippen LogP contribution in [0.2, 0.25) is 0 Å². The lowest BCUT2D eigenvalue weighted by molar-refractivity contribution is -0.118. The molecule has 3 aromatic rings. The van der Waals surface area contributed by atoms with Crippen molar-refractivity contribution in [3.05, 3.63) is 89.0 Å². The van der Waals surface area contributed by atoms with Gasteiger partial charge in [0.15, 0.2) is 6.61 Å². The number of carbonyl (C=O) groups is 1.